The predicted molar refractivity (Wildman–Crippen MR) is 129 cm³/mol. The predicted octanol–water partition coefficient (Wildman–Crippen LogP) is 2.15. The molecule has 1 aromatic heterocycles. The van der Waals surface area contributed by atoms with Crippen molar-refractivity contribution >= 4 is 48.7 Å². The summed E-state index contributed by atoms with van der Waals surface area (Å²) in [6, 6.07) is 8.66. The van der Waals surface area contributed by atoms with E-state index in [1.165, 1.54) is 12.1 Å². The van der Waals surface area contributed by atoms with Crippen LogP contribution in [0.5, 0.6) is 11.5 Å². The largest absolute Gasteiger partial charge is 0.453 e. The summed E-state index contributed by atoms with van der Waals surface area (Å²) in [5.41, 5.74) is 9.70. The number of guanidine groups is 1. The molecule has 0 aliphatic carbocycles. The summed E-state index contributed by atoms with van der Waals surface area (Å²) < 4.78 is 109. The van der Waals surface area contributed by atoms with Crippen molar-refractivity contribution in [3.05, 3.63) is 53.7 Å². The minimum Gasteiger partial charge on any atom is -0.453 e. The third-order valence-electron chi connectivity index (χ3n) is 5.10. The minimum atomic E-state index is -4.92. The second-order valence-electron chi connectivity index (χ2n) is 8.31. The molecule has 18 heteroatoms. The van der Waals surface area contributed by atoms with Crippen LogP contribution in [0.4, 0.5) is 18.9 Å². The zero-order valence-electron chi connectivity index (χ0n) is 19.3. The number of fused-ring (bicyclic) bond motifs is 1. The Bertz CT molecular complexity index is 1620. The highest BCUT2D eigenvalue weighted by atomic mass is 32.2. The Morgan fingerprint density at radius 3 is 2.16 bits per heavy atom. The van der Waals surface area contributed by atoms with Crippen LogP contribution in [0.25, 0.3) is 10.9 Å². The molecule has 0 saturated carbocycles. The van der Waals surface area contributed by atoms with Crippen molar-refractivity contribution in [2.75, 3.05) is 24.5 Å². The van der Waals surface area contributed by atoms with Gasteiger partial charge < -0.3 is 21.2 Å². The van der Waals surface area contributed by atoms with Crippen molar-refractivity contribution in [1.82, 2.24) is 4.98 Å². The quantitative estimate of drug-likeness (QED) is 0.0902. The van der Waals surface area contributed by atoms with Gasteiger partial charge in [-0.1, -0.05) is 12.1 Å². The SMILES string of the molecule is C[N+](CS(=O)(=O)O)(CS(=O)(=O)O)C(N)=NC(=O)c1cc2c(C(F)(F)F)ccc(Oc3ccccc3N)c2[nH]1. The molecule has 0 aliphatic rings. The highest BCUT2D eigenvalue weighted by Crippen LogP contribution is 2.40. The van der Waals surface area contributed by atoms with Crippen molar-refractivity contribution in [2.45, 2.75) is 6.18 Å². The van der Waals surface area contributed by atoms with Gasteiger partial charge in [0.15, 0.2) is 5.75 Å². The molecule has 2 aromatic carbocycles. The van der Waals surface area contributed by atoms with Crippen LogP contribution in [-0.4, -0.2) is 66.1 Å². The van der Waals surface area contributed by atoms with E-state index < -0.39 is 71.2 Å². The number of hydrogen-bond donors (Lipinski definition) is 5. The van der Waals surface area contributed by atoms with Crippen LogP contribution in [-0.2, 0) is 26.4 Å². The average Bonchev–Trinajstić information content (AvgIpc) is 3.17. The first-order valence-electron chi connectivity index (χ1n) is 10.2. The zero-order valence-corrected chi connectivity index (χ0v) is 20.9. The number of hydrogen-bond acceptors (Lipinski definition) is 7. The van der Waals surface area contributed by atoms with Crippen molar-refractivity contribution in [1.29, 1.82) is 0 Å². The normalized spacial score (nSPS) is 13.6. The first kappa shape index (κ1) is 28.9. The molecule has 206 valence electrons. The first-order valence-corrected chi connectivity index (χ1v) is 13.4. The summed E-state index contributed by atoms with van der Waals surface area (Å²) in [7, 11) is -9.00. The molecule has 7 N–H and O–H groups in total. The van der Waals surface area contributed by atoms with Crippen molar-refractivity contribution in [3.8, 4) is 11.5 Å². The third kappa shape index (κ3) is 6.78. The first-order chi connectivity index (χ1) is 17.3. The summed E-state index contributed by atoms with van der Waals surface area (Å²) in [6.07, 6.45) is -4.84. The molecule has 0 atom stereocenters. The summed E-state index contributed by atoms with van der Waals surface area (Å²) in [6.45, 7) is 0. The van der Waals surface area contributed by atoms with Gasteiger partial charge in [-0.15, -0.1) is 4.99 Å². The van der Waals surface area contributed by atoms with Crippen molar-refractivity contribution in [2.24, 2.45) is 10.7 Å². The lowest BCUT2D eigenvalue weighted by Gasteiger charge is -2.28. The molecule has 0 aliphatic heterocycles. The summed E-state index contributed by atoms with van der Waals surface area (Å²) in [4.78, 5) is 18.7. The van der Waals surface area contributed by atoms with Gasteiger partial charge in [0.05, 0.1) is 23.8 Å². The van der Waals surface area contributed by atoms with Gasteiger partial charge in [0, 0.05) is 5.39 Å². The van der Waals surface area contributed by atoms with E-state index in [1.807, 2.05) is 0 Å². The van der Waals surface area contributed by atoms with E-state index in [1.54, 1.807) is 12.1 Å². The number of H-pyrrole nitrogens is 1. The Morgan fingerprint density at radius 2 is 1.63 bits per heavy atom. The van der Waals surface area contributed by atoms with E-state index in [-0.39, 0.29) is 22.7 Å². The maximum absolute atomic E-state index is 13.7. The highest BCUT2D eigenvalue weighted by molar-refractivity contribution is 7.86. The molecular formula is C20H21F3N5O8S2+. The number of nitrogen functional groups attached to an aromatic ring is 1. The molecule has 0 bridgehead atoms. The number of quaternary nitrogens is 1. The molecule has 0 fully saturated rings. The topological polar surface area (TPSA) is 215 Å². The molecule has 0 spiro atoms. The average molecular weight is 581 g/mol. The monoisotopic (exact) mass is 580 g/mol. The van der Waals surface area contributed by atoms with Gasteiger partial charge in [0.1, 0.15) is 11.4 Å². The lowest BCUT2D eigenvalue weighted by Crippen LogP contribution is -2.58. The molecule has 1 amide bonds. The van der Waals surface area contributed by atoms with Crippen LogP contribution in [0.3, 0.4) is 0 Å². The van der Waals surface area contributed by atoms with E-state index in [0.717, 1.165) is 25.2 Å². The molecule has 0 radical (unpaired) electrons. The molecule has 0 unspecified atom stereocenters. The van der Waals surface area contributed by atoms with Gasteiger partial charge in [-0.2, -0.15) is 30.0 Å². The van der Waals surface area contributed by atoms with Gasteiger partial charge in [0.25, 0.3) is 5.91 Å². The van der Waals surface area contributed by atoms with E-state index >= 15 is 0 Å². The van der Waals surface area contributed by atoms with E-state index in [4.69, 9.17) is 16.2 Å². The Kier molecular flexibility index (Phi) is 7.50. The number of aromatic nitrogens is 1. The van der Waals surface area contributed by atoms with E-state index in [2.05, 4.69) is 9.98 Å². The van der Waals surface area contributed by atoms with Crippen molar-refractivity contribution < 1.29 is 53.1 Å². The van der Waals surface area contributed by atoms with Crippen LogP contribution in [0.15, 0.2) is 47.5 Å². The van der Waals surface area contributed by atoms with Gasteiger partial charge in [0.2, 0.25) is 11.8 Å². The molecule has 3 aromatic rings. The lowest BCUT2D eigenvalue weighted by molar-refractivity contribution is -0.796. The molecule has 38 heavy (non-hydrogen) atoms. The van der Waals surface area contributed by atoms with Gasteiger partial charge in [-0.3, -0.25) is 13.9 Å². The van der Waals surface area contributed by atoms with Crippen LogP contribution in [0, 0.1) is 0 Å². The lowest BCUT2D eigenvalue weighted by atomic mass is 10.1. The zero-order chi connectivity index (χ0) is 28.7. The Labute approximate surface area is 213 Å². The number of rotatable bonds is 7. The van der Waals surface area contributed by atoms with Crippen LogP contribution < -0.4 is 16.2 Å². The number of carbonyl (C=O) groups is 1. The molecule has 1 heterocycles. The number of aromatic amines is 1. The van der Waals surface area contributed by atoms with Gasteiger partial charge >= 0.3 is 32.4 Å². The number of nitrogens with two attached hydrogens (primary N) is 2. The Hall–Kier alpha value is -3.71. The number of benzene rings is 2. The Balaban J connectivity index is 2.13. The number of carbonyl (C=O) groups excluding carboxylic acids is 1. The second-order valence-corrected chi connectivity index (χ2v) is 11.2. The number of alkyl halides is 3. The molecule has 0 saturated heterocycles. The fraction of sp³-hybridized carbons (Fsp3) is 0.200. The number of aliphatic imine (C=N–C) groups is 1. The maximum Gasteiger partial charge on any atom is 0.417 e. The fourth-order valence-corrected chi connectivity index (χ4v) is 5.51. The smallest absolute Gasteiger partial charge is 0.417 e. The third-order valence-corrected chi connectivity index (χ3v) is 6.89. The number of anilines is 1. The van der Waals surface area contributed by atoms with Crippen LogP contribution in [0.2, 0.25) is 0 Å². The molecular weight excluding hydrogens is 559 g/mol. The maximum atomic E-state index is 13.7. The van der Waals surface area contributed by atoms with Crippen LogP contribution in [0.1, 0.15) is 16.1 Å². The summed E-state index contributed by atoms with van der Waals surface area (Å²) in [5.74, 6) is -5.16. The number of para-hydroxylation sites is 2. The van der Waals surface area contributed by atoms with Crippen molar-refractivity contribution in [3.63, 3.8) is 0 Å². The number of nitrogens with one attached hydrogen (secondary N) is 1. The summed E-state index contributed by atoms with van der Waals surface area (Å²) >= 11 is 0. The fourth-order valence-electron chi connectivity index (χ4n) is 3.51. The number of ether oxygens (including phenoxy) is 1. The van der Waals surface area contributed by atoms with E-state index in [0.29, 0.717) is 0 Å². The van der Waals surface area contributed by atoms with Gasteiger partial charge in [-0.05, 0) is 30.3 Å². The molecule has 13 nitrogen and oxygen atoms in total. The number of halogens is 3. The minimum absolute atomic E-state index is 0.113. The summed E-state index contributed by atoms with van der Waals surface area (Å²) in [5, 5.41) is -0.491. The standard InChI is InChI=1S/C20H20F3N5O8S2/c1-28(9-37(30,31)32,10-38(33,34)35)19(25)27-18(29)14-8-11-12(20(21,22)23)6-7-16(17(11)26-14)36-15-5-3-2-4-13(15)24/h2-8H,9-10,24H2,1H3,(H4-,25,26,27,29,30,31,32,33,34,35)/p+1. The number of amides is 1. The second kappa shape index (κ2) is 9.87. The molecule has 3 rings (SSSR count). The van der Waals surface area contributed by atoms with Gasteiger partial charge in [-0.25, -0.2) is 4.48 Å². The van der Waals surface area contributed by atoms with E-state index in [9.17, 15) is 43.9 Å². The highest BCUT2D eigenvalue weighted by Gasteiger charge is 2.39. The van der Waals surface area contributed by atoms with Crippen LogP contribution >= 0.6 is 0 Å². The number of nitrogens with zero attached hydrogens (tertiary/aromatic N) is 2. The Morgan fingerprint density at radius 1 is 1.05 bits per heavy atom.